The molecule has 0 radical (unpaired) electrons. The molecule has 0 aromatic carbocycles. The summed E-state index contributed by atoms with van der Waals surface area (Å²) in [4.78, 5) is 12.7. The molecule has 2 fully saturated rings. The molecule has 1 N–H and O–H groups in total. The predicted molar refractivity (Wildman–Crippen MR) is 235 cm³/mol. The molecule has 22 heteroatoms. The smallest absolute Gasteiger partial charge is 0.459 e. The Balaban J connectivity index is -0.0000000793. The Morgan fingerprint density at radius 2 is 1.00 bits per heavy atom. The maximum atomic E-state index is 14.1. The normalized spacial score (nSPS) is 19.8. The van der Waals surface area contributed by atoms with Crippen molar-refractivity contribution in [2.75, 3.05) is 49.8 Å². The molecule has 2 saturated carbocycles. The highest BCUT2D eigenvalue weighted by Gasteiger charge is 2.75. The largest absolute Gasteiger partial charge is 0.496 e. The van der Waals surface area contributed by atoms with E-state index < -0.39 is 85.8 Å². The second kappa shape index (κ2) is 30.3. The second-order valence-corrected chi connectivity index (χ2v) is 24.0. The molecule has 0 saturated heterocycles. The van der Waals surface area contributed by atoms with E-state index in [1.165, 1.54) is 35.0 Å². The second-order valence-electron chi connectivity index (χ2n) is 13.9. The summed E-state index contributed by atoms with van der Waals surface area (Å²) < 4.78 is 157. The lowest BCUT2D eigenvalue weighted by Crippen LogP contribution is -2.56. The molecule has 10 nitrogen and oxygen atoms in total. The van der Waals surface area contributed by atoms with E-state index in [2.05, 4.69) is 0 Å². The summed E-state index contributed by atoms with van der Waals surface area (Å²) in [7, 11) is 2.52. The fraction of sp³-hybridized carbons (Fsp3) is 0.974. The van der Waals surface area contributed by atoms with Gasteiger partial charge in [0.25, 0.3) is 5.60 Å². The zero-order valence-electron chi connectivity index (χ0n) is 31.5. The molecular formula is C38H91F9O10Si3. The van der Waals surface area contributed by atoms with Gasteiger partial charge in [0.2, 0.25) is 0 Å². The average molecular weight is 963 g/mol. The highest BCUT2D eigenvalue weighted by molar-refractivity contribution is 6.67. The first-order valence-electron chi connectivity index (χ1n) is 15.8. The van der Waals surface area contributed by atoms with Crippen molar-refractivity contribution in [1.29, 1.82) is 0 Å². The molecule has 2 aliphatic carbocycles. The topological polar surface area (TPSA) is 111 Å². The van der Waals surface area contributed by atoms with Gasteiger partial charge < -0.3 is 40.8 Å². The zero-order valence-corrected chi connectivity index (χ0v) is 34.5. The third-order valence-corrected chi connectivity index (χ3v) is 18.6. The van der Waals surface area contributed by atoms with Crippen LogP contribution in [-0.2, 0) is 40.5 Å². The Bertz CT molecular complexity index is 1060. The van der Waals surface area contributed by atoms with E-state index in [1.54, 1.807) is 48.6 Å². The van der Waals surface area contributed by atoms with Crippen molar-refractivity contribution in [2.45, 2.75) is 181 Å². The molecule has 60 heavy (non-hydrogen) atoms. The number of aliphatic hydroxyl groups is 1. The number of hydrogen-bond donors (Lipinski definition) is 1. The molecule has 0 spiro atoms. The molecule has 2 bridgehead atoms. The van der Waals surface area contributed by atoms with Gasteiger partial charge >= 0.3 is 50.4 Å². The molecular weight excluding hydrogens is 872 g/mol. The molecule has 4 atom stereocenters. The highest BCUT2D eigenvalue weighted by Crippen LogP contribution is 2.69. The number of halogens is 9. The molecule has 378 valence electrons. The van der Waals surface area contributed by atoms with Crippen molar-refractivity contribution in [3.8, 4) is 0 Å². The van der Waals surface area contributed by atoms with Crippen molar-refractivity contribution in [1.82, 2.24) is 0 Å². The molecule has 0 aliphatic heterocycles. The highest BCUT2D eigenvalue weighted by atomic mass is 28.4. The van der Waals surface area contributed by atoms with Gasteiger partial charge in [-0.2, -0.15) is 39.5 Å². The van der Waals surface area contributed by atoms with Crippen LogP contribution >= 0.6 is 0 Å². The fourth-order valence-electron chi connectivity index (χ4n) is 6.12. The van der Waals surface area contributed by atoms with Crippen LogP contribution in [0.3, 0.4) is 0 Å². The van der Waals surface area contributed by atoms with Crippen molar-refractivity contribution in [3.05, 3.63) is 0 Å². The summed E-state index contributed by atoms with van der Waals surface area (Å²) in [6, 6.07) is -0.0888. The van der Waals surface area contributed by atoms with Gasteiger partial charge in [0.05, 0.1) is 0 Å². The Morgan fingerprint density at radius 1 is 0.633 bits per heavy atom. The summed E-state index contributed by atoms with van der Waals surface area (Å²) in [6.45, 7) is 9.86. The molecule has 0 aromatic heterocycles. The minimum Gasteiger partial charge on any atom is -0.459 e. The van der Waals surface area contributed by atoms with E-state index in [0.717, 1.165) is 0 Å². The summed E-state index contributed by atoms with van der Waals surface area (Å²) in [5.74, 6) is -2.14. The van der Waals surface area contributed by atoms with E-state index in [-0.39, 0.29) is 90.8 Å². The number of alkyl halides is 9. The van der Waals surface area contributed by atoms with E-state index in [0.29, 0.717) is 12.8 Å². The number of carbonyl (C=O) groups is 1. The lowest BCUT2D eigenvalue weighted by molar-refractivity contribution is -0.370. The minimum absolute atomic E-state index is 0. The van der Waals surface area contributed by atoms with Crippen LogP contribution in [-0.4, -0.2) is 117 Å². The molecule has 2 rings (SSSR count). The first kappa shape index (κ1) is 82.8. The van der Waals surface area contributed by atoms with Crippen LogP contribution < -0.4 is 0 Å². The summed E-state index contributed by atoms with van der Waals surface area (Å²) >= 11 is 0. The third-order valence-electron chi connectivity index (χ3n) is 9.74. The van der Waals surface area contributed by atoms with E-state index in [1.807, 2.05) is 6.55 Å². The minimum atomic E-state index is -5.77. The van der Waals surface area contributed by atoms with Crippen LogP contribution in [0.5, 0.6) is 0 Å². The average Bonchev–Trinajstić information content (AvgIpc) is 3.63. The number of rotatable bonds is 13. The van der Waals surface area contributed by atoms with Gasteiger partial charge in [-0.25, -0.2) is 0 Å². The third kappa shape index (κ3) is 19.9. The molecule has 0 aromatic rings. The van der Waals surface area contributed by atoms with E-state index in [9.17, 15) is 44.3 Å². The monoisotopic (exact) mass is 963 g/mol. The Morgan fingerprint density at radius 3 is 1.23 bits per heavy atom. The lowest BCUT2D eigenvalue weighted by Gasteiger charge is -2.45. The Kier molecular flexibility index (Phi) is 41.9. The standard InChI is InChI=1S/C16H27F3O4Si.C9H16F6O3Si.C4H12O3Si.9CH4/c1-14(2,3)23-13(20)15(16(17,18)19)9-10-7-11(15)12(8-10)24(6,21-4)22-5;1-17-19(3,18-2)6-4-5-7(16,8(10,11)12)9(13,14)15;1-5-8(4,6-2)7-3;;;;;;;;;/h10-12H,7-9H2,1-6H3;16H,4-6H2,1-3H3;1-4H3;9*1H4. The maximum Gasteiger partial charge on any atom is 0.496 e. The molecule has 0 heterocycles. The van der Waals surface area contributed by atoms with E-state index >= 15 is 0 Å². The molecule has 2 aliphatic rings. The summed E-state index contributed by atoms with van der Waals surface area (Å²) in [5.41, 5.74) is -8.48. The Labute approximate surface area is 364 Å². The van der Waals surface area contributed by atoms with Gasteiger partial charge in [0.15, 0.2) is 5.41 Å². The van der Waals surface area contributed by atoms with Crippen molar-refractivity contribution < 1.29 is 85.1 Å². The molecule has 4 unspecified atom stereocenters. The number of esters is 1. The first-order chi connectivity index (χ1) is 22.8. The van der Waals surface area contributed by atoms with Crippen LogP contribution in [0.2, 0.25) is 31.2 Å². The number of fused-ring (bicyclic) bond motifs is 2. The lowest BCUT2D eigenvalue weighted by atomic mass is 9.72. The van der Waals surface area contributed by atoms with Crippen LogP contribution in [0.4, 0.5) is 39.5 Å². The summed E-state index contributed by atoms with van der Waals surface area (Å²) in [6.07, 6.45) is -17.4. The predicted octanol–water partition coefficient (Wildman–Crippen LogP) is 13.2. The van der Waals surface area contributed by atoms with Gasteiger partial charge in [-0.3, -0.25) is 4.79 Å². The number of hydrogen-bond acceptors (Lipinski definition) is 10. The van der Waals surface area contributed by atoms with Crippen LogP contribution in [0, 0.1) is 17.3 Å². The van der Waals surface area contributed by atoms with Gasteiger partial charge in [0, 0.05) is 61.9 Å². The first-order valence-corrected chi connectivity index (χ1v) is 23.0. The van der Waals surface area contributed by atoms with Gasteiger partial charge in [0.1, 0.15) is 5.60 Å². The van der Waals surface area contributed by atoms with Crippen LogP contribution in [0.1, 0.15) is 120 Å². The van der Waals surface area contributed by atoms with E-state index in [4.69, 9.17) is 40.8 Å². The van der Waals surface area contributed by atoms with Crippen LogP contribution in [0.15, 0.2) is 0 Å². The van der Waals surface area contributed by atoms with Gasteiger partial charge in [-0.15, -0.1) is 0 Å². The number of carbonyl (C=O) groups excluding carboxylic acids is 1. The van der Waals surface area contributed by atoms with Crippen LogP contribution in [0.25, 0.3) is 0 Å². The molecule has 0 amide bonds. The quantitative estimate of drug-likeness (QED) is 0.109. The van der Waals surface area contributed by atoms with Gasteiger partial charge in [-0.05, 0) is 83.8 Å². The SMILES string of the molecule is C.C.C.C.C.C.C.C.C.CO[Si](C)(CCCC(O)(C(F)(F)F)C(F)(F)F)OC.CO[Si](C)(OC)C1CC2CC1C(C(=O)OC(C)(C)C)(C(F)(F)F)C2.CO[Si](C)(OC)OC. The summed E-state index contributed by atoms with van der Waals surface area (Å²) in [5, 5.41) is 8.91. The van der Waals surface area contributed by atoms with Crippen molar-refractivity contribution >= 4 is 31.9 Å². The van der Waals surface area contributed by atoms with Gasteiger partial charge in [-0.1, -0.05) is 66.8 Å². The zero-order chi connectivity index (χ0) is 40.7. The Hall–Kier alpha value is -0.829. The fourth-order valence-corrected chi connectivity index (χ4v) is 10.7. The number of ether oxygens (including phenoxy) is 1. The maximum absolute atomic E-state index is 14.1. The van der Waals surface area contributed by atoms with Crippen molar-refractivity contribution in [2.24, 2.45) is 17.3 Å². The van der Waals surface area contributed by atoms with Crippen molar-refractivity contribution in [3.63, 3.8) is 0 Å².